The van der Waals surface area contributed by atoms with Crippen LogP contribution in [0.15, 0.2) is 24.3 Å². The molecule has 0 radical (unpaired) electrons. The average Bonchev–Trinajstić information content (AvgIpc) is 2.61. The van der Waals surface area contributed by atoms with Crippen molar-refractivity contribution in [2.24, 2.45) is 5.41 Å². The lowest BCUT2D eigenvalue weighted by Gasteiger charge is -2.27. The van der Waals surface area contributed by atoms with Crippen molar-refractivity contribution < 1.29 is 18.7 Å². The lowest BCUT2D eigenvalue weighted by atomic mass is 9.91. The molecule has 2 N–H and O–H groups in total. The van der Waals surface area contributed by atoms with E-state index < -0.39 is 5.41 Å². The summed E-state index contributed by atoms with van der Waals surface area (Å²) in [6.07, 6.45) is 0. The van der Waals surface area contributed by atoms with E-state index >= 15 is 0 Å². The first-order valence-corrected chi connectivity index (χ1v) is 8.51. The molecule has 2 amide bonds. The number of amides is 2. The van der Waals surface area contributed by atoms with Crippen molar-refractivity contribution in [3.8, 4) is 0 Å². The molecule has 1 aliphatic rings. The molecular formula is C18H26FN3O3. The van der Waals surface area contributed by atoms with E-state index in [-0.39, 0.29) is 24.2 Å². The molecule has 1 fully saturated rings. The van der Waals surface area contributed by atoms with Gasteiger partial charge in [-0.05, 0) is 31.5 Å². The number of benzene rings is 1. The van der Waals surface area contributed by atoms with Crippen molar-refractivity contribution in [3.63, 3.8) is 0 Å². The van der Waals surface area contributed by atoms with Crippen molar-refractivity contribution in [2.75, 3.05) is 39.4 Å². The third-order valence-corrected chi connectivity index (χ3v) is 4.32. The maximum absolute atomic E-state index is 12.9. The number of carbonyl (C=O) groups is 2. The average molecular weight is 351 g/mol. The molecule has 1 aromatic carbocycles. The van der Waals surface area contributed by atoms with E-state index in [1.54, 1.807) is 26.0 Å². The van der Waals surface area contributed by atoms with Gasteiger partial charge in [-0.3, -0.25) is 14.5 Å². The van der Waals surface area contributed by atoms with Crippen LogP contribution in [-0.2, 0) is 20.9 Å². The maximum atomic E-state index is 12.9. The summed E-state index contributed by atoms with van der Waals surface area (Å²) in [6, 6.07) is 5.88. The summed E-state index contributed by atoms with van der Waals surface area (Å²) in [5.74, 6) is -0.992. The molecule has 0 bridgehead atoms. The maximum Gasteiger partial charge on any atom is 0.235 e. The van der Waals surface area contributed by atoms with Gasteiger partial charge in [-0.2, -0.15) is 0 Å². The van der Waals surface area contributed by atoms with E-state index in [1.165, 1.54) is 12.1 Å². The highest BCUT2D eigenvalue weighted by atomic mass is 19.1. The number of halogens is 1. The van der Waals surface area contributed by atoms with Crippen LogP contribution in [0, 0.1) is 11.2 Å². The molecule has 0 aliphatic carbocycles. The van der Waals surface area contributed by atoms with Gasteiger partial charge in [0, 0.05) is 32.7 Å². The zero-order valence-corrected chi connectivity index (χ0v) is 14.8. The minimum atomic E-state index is -1.18. The smallest absolute Gasteiger partial charge is 0.235 e. The summed E-state index contributed by atoms with van der Waals surface area (Å²) < 4.78 is 18.2. The second kappa shape index (κ2) is 8.92. The predicted molar refractivity (Wildman–Crippen MR) is 92.3 cm³/mol. The predicted octanol–water partition coefficient (Wildman–Crippen LogP) is 0.917. The van der Waals surface area contributed by atoms with Gasteiger partial charge in [0.1, 0.15) is 11.2 Å². The Kier molecular flexibility index (Phi) is 6.90. The second-order valence-electron chi connectivity index (χ2n) is 6.64. The largest absolute Gasteiger partial charge is 0.379 e. The van der Waals surface area contributed by atoms with Crippen LogP contribution in [0.25, 0.3) is 0 Å². The van der Waals surface area contributed by atoms with Crippen molar-refractivity contribution in [3.05, 3.63) is 35.6 Å². The van der Waals surface area contributed by atoms with Crippen LogP contribution in [-0.4, -0.2) is 56.1 Å². The molecule has 2 rings (SSSR count). The van der Waals surface area contributed by atoms with Crippen LogP contribution in [0.5, 0.6) is 0 Å². The Morgan fingerprint density at radius 2 is 1.72 bits per heavy atom. The molecule has 1 heterocycles. The molecule has 0 saturated carbocycles. The van der Waals surface area contributed by atoms with E-state index in [2.05, 4.69) is 15.5 Å². The van der Waals surface area contributed by atoms with Crippen molar-refractivity contribution >= 4 is 11.8 Å². The molecule has 1 saturated heterocycles. The molecule has 7 heteroatoms. The van der Waals surface area contributed by atoms with Gasteiger partial charge in [-0.25, -0.2) is 4.39 Å². The number of hydrogen-bond donors (Lipinski definition) is 2. The van der Waals surface area contributed by atoms with E-state index in [1.807, 2.05) is 0 Å². The monoisotopic (exact) mass is 351 g/mol. The fourth-order valence-corrected chi connectivity index (χ4v) is 2.48. The Balaban J connectivity index is 1.76. The highest BCUT2D eigenvalue weighted by molar-refractivity contribution is 6.04. The number of ether oxygens (including phenoxy) is 1. The summed E-state index contributed by atoms with van der Waals surface area (Å²) in [6.45, 7) is 7.82. The topological polar surface area (TPSA) is 70.7 Å². The van der Waals surface area contributed by atoms with E-state index in [4.69, 9.17) is 4.74 Å². The summed E-state index contributed by atoms with van der Waals surface area (Å²) in [5.41, 5.74) is -0.399. The van der Waals surface area contributed by atoms with Gasteiger partial charge in [-0.15, -0.1) is 0 Å². The molecule has 138 valence electrons. The zero-order chi connectivity index (χ0) is 18.3. The minimum absolute atomic E-state index is 0.254. The second-order valence-corrected chi connectivity index (χ2v) is 6.64. The number of morpholine rings is 1. The van der Waals surface area contributed by atoms with Crippen LogP contribution in [0.4, 0.5) is 4.39 Å². The first kappa shape index (κ1) is 19.3. The number of nitrogens with zero attached hydrogens (tertiary/aromatic N) is 1. The molecular weight excluding hydrogens is 325 g/mol. The summed E-state index contributed by atoms with van der Waals surface area (Å²) in [7, 11) is 0. The van der Waals surface area contributed by atoms with Gasteiger partial charge in [0.05, 0.1) is 13.2 Å². The van der Waals surface area contributed by atoms with Crippen molar-refractivity contribution in [2.45, 2.75) is 20.4 Å². The van der Waals surface area contributed by atoms with E-state index in [0.29, 0.717) is 19.8 Å². The number of rotatable bonds is 7. The summed E-state index contributed by atoms with van der Waals surface area (Å²) >= 11 is 0. The Morgan fingerprint density at radius 3 is 2.36 bits per heavy atom. The molecule has 6 nitrogen and oxygen atoms in total. The fraction of sp³-hybridized carbons (Fsp3) is 0.556. The van der Waals surface area contributed by atoms with Gasteiger partial charge >= 0.3 is 0 Å². The van der Waals surface area contributed by atoms with Crippen molar-refractivity contribution in [1.82, 2.24) is 15.5 Å². The van der Waals surface area contributed by atoms with Crippen molar-refractivity contribution in [1.29, 1.82) is 0 Å². The third kappa shape index (κ3) is 5.79. The van der Waals surface area contributed by atoms with Crippen LogP contribution in [0.3, 0.4) is 0 Å². The van der Waals surface area contributed by atoms with Gasteiger partial charge in [-0.1, -0.05) is 12.1 Å². The Hall–Kier alpha value is -1.99. The van der Waals surface area contributed by atoms with Crippen LogP contribution < -0.4 is 10.6 Å². The lowest BCUT2D eigenvalue weighted by molar-refractivity contribution is -0.141. The highest BCUT2D eigenvalue weighted by Gasteiger charge is 2.35. The number of nitrogens with one attached hydrogen (secondary N) is 2. The molecule has 0 aromatic heterocycles. The third-order valence-electron chi connectivity index (χ3n) is 4.32. The molecule has 1 aromatic rings. The van der Waals surface area contributed by atoms with Crippen LogP contribution >= 0.6 is 0 Å². The highest BCUT2D eigenvalue weighted by Crippen LogP contribution is 2.16. The van der Waals surface area contributed by atoms with Gasteiger partial charge in [0.2, 0.25) is 11.8 Å². The summed E-state index contributed by atoms with van der Waals surface area (Å²) in [5, 5.41) is 5.56. The lowest BCUT2D eigenvalue weighted by Crippen LogP contribution is -2.49. The summed E-state index contributed by atoms with van der Waals surface area (Å²) in [4.78, 5) is 26.9. The van der Waals surface area contributed by atoms with Crippen LogP contribution in [0.2, 0.25) is 0 Å². The Morgan fingerprint density at radius 1 is 1.12 bits per heavy atom. The standard InChI is InChI=1S/C18H26FN3O3/c1-18(2,16(23)20-7-8-22-9-11-25-12-10-22)17(24)21-13-14-3-5-15(19)6-4-14/h3-6H,7-13H2,1-2H3,(H,20,23)(H,21,24). The first-order valence-electron chi connectivity index (χ1n) is 8.51. The Labute approximate surface area is 147 Å². The number of hydrogen-bond acceptors (Lipinski definition) is 4. The van der Waals surface area contributed by atoms with Gasteiger partial charge in [0.25, 0.3) is 0 Å². The number of carbonyl (C=O) groups excluding carboxylic acids is 2. The van der Waals surface area contributed by atoms with Gasteiger partial charge in [0.15, 0.2) is 0 Å². The zero-order valence-electron chi connectivity index (χ0n) is 14.8. The van der Waals surface area contributed by atoms with E-state index in [0.717, 1.165) is 25.2 Å². The molecule has 0 atom stereocenters. The SMILES string of the molecule is CC(C)(C(=O)NCCN1CCOCC1)C(=O)NCc1ccc(F)cc1. The Bertz CT molecular complexity index is 584. The first-order chi connectivity index (χ1) is 11.9. The molecule has 0 spiro atoms. The van der Waals surface area contributed by atoms with Gasteiger partial charge < -0.3 is 15.4 Å². The van der Waals surface area contributed by atoms with E-state index in [9.17, 15) is 14.0 Å². The molecule has 25 heavy (non-hydrogen) atoms. The minimum Gasteiger partial charge on any atom is -0.379 e. The van der Waals surface area contributed by atoms with Crippen LogP contribution in [0.1, 0.15) is 19.4 Å². The molecule has 0 unspecified atom stereocenters. The fourth-order valence-electron chi connectivity index (χ4n) is 2.48. The normalized spacial score (nSPS) is 15.6. The quantitative estimate of drug-likeness (QED) is 0.717. The molecule has 1 aliphatic heterocycles.